The van der Waals surface area contributed by atoms with Crippen molar-refractivity contribution in [2.45, 2.75) is 6.42 Å². The van der Waals surface area contributed by atoms with E-state index in [0.29, 0.717) is 5.82 Å². The quantitative estimate of drug-likeness (QED) is 0.445. The summed E-state index contributed by atoms with van der Waals surface area (Å²) >= 11 is 0. The van der Waals surface area contributed by atoms with E-state index in [0.717, 1.165) is 6.29 Å². The Balaban J connectivity index is 2.57. The molecular formula is C7H6N2O. The van der Waals surface area contributed by atoms with Gasteiger partial charge in [0.05, 0.1) is 6.42 Å². The van der Waals surface area contributed by atoms with Crippen LogP contribution in [0.1, 0.15) is 12.2 Å². The van der Waals surface area contributed by atoms with Crippen molar-refractivity contribution in [3.63, 3.8) is 0 Å². The number of nitrogens with one attached hydrogen (secondary N) is 1. The molecule has 0 unspecified atom stereocenters. The normalized spacial score (nSPS) is 8.00. The number of hydrogen-bond acceptors (Lipinski definition) is 2. The van der Waals surface area contributed by atoms with Crippen LogP contribution in [-0.2, 0) is 4.79 Å². The van der Waals surface area contributed by atoms with E-state index in [1.165, 1.54) is 0 Å². The van der Waals surface area contributed by atoms with Crippen LogP contribution in [0.2, 0.25) is 0 Å². The van der Waals surface area contributed by atoms with Gasteiger partial charge in [0.1, 0.15) is 6.29 Å². The standard InChI is InChI=1S/C7H6N2O/c10-6-2-1-3-7-8-4-5-9-7/h4-6H,2H2,(H,8,9). The highest BCUT2D eigenvalue weighted by atomic mass is 16.1. The molecule has 0 aliphatic carbocycles. The lowest BCUT2D eigenvalue weighted by Crippen LogP contribution is -1.75. The van der Waals surface area contributed by atoms with Gasteiger partial charge in [-0.3, -0.25) is 0 Å². The topological polar surface area (TPSA) is 45.8 Å². The Morgan fingerprint density at radius 2 is 2.70 bits per heavy atom. The molecule has 10 heavy (non-hydrogen) atoms. The fourth-order valence-electron chi connectivity index (χ4n) is 0.510. The molecule has 0 aliphatic rings. The lowest BCUT2D eigenvalue weighted by molar-refractivity contribution is -0.107. The summed E-state index contributed by atoms with van der Waals surface area (Å²) in [6.07, 6.45) is 4.33. The zero-order valence-corrected chi connectivity index (χ0v) is 5.29. The summed E-state index contributed by atoms with van der Waals surface area (Å²) in [5, 5.41) is 0. The molecule has 1 heterocycles. The summed E-state index contributed by atoms with van der Waals surface area (Å²) in [6.45, 7) is 0. The van der Waals surface area contributed by atoms with Crippen molar-refractivity contribution < 1.29 is 4.79 Å². The molecule has 3 nitrogen and oxygen atoms in total. The molecule has 0 saturated heterocycles. The Bertz CT molecular complexity index is 253. The molecule has 0 aliphatic heterocycles. The second kappa shape index (κ2) is 3.46. The van der Waals surface area contributed by atoms with Crippen LogP contribution >= 0.6 is 0 Å². The summed E-state index contributed by atoms with van der Waals surface area (Å²) in [5.74, 6) is 5.90. The largest absolute Gasteiger partial charge is 0.338 e. The van der Waals surface area contributed by atoms with E-state index in [1.54, 1.807) is 12.4 Å². The smallest absolute Gasteiger partial charge is 0.182 e. The molecule has 0 amide bonds. The first kappa shape index (κ1) is 6.56. The molecule has 0 radical (unpaired) electrons. The predicted octanol–water partition coefficient (Wildman–Crippen LogP) is 0.350. The fraction of sp³-hybridized carbons (Fsp3) is 0.143. The van der Waals surface area contributed by atoms with Gasteiger partial charge in [-0.2, -0.15) is 0 Å². The van der Waals surface area contributed by atoms with Gasteiger partial charge in [0.15, 0.2) is 5.82 Å². The third kappa shape index (κ3) is 1.75. The zero-order chi connectivity index (χ0) is 7.23. The molecule has 0 aromatic carbocycles. The predicted molar refractivity (Wildman–Crippen MR) is 36.1 cm³/mol. The van der Waals surface area contributed by atoms with Gasteiger partial charge in [0.2, 0.25) is 0 Å². The number of aromatic amines is 1. The van der Waals surface area contributed by atoms with Gasteiger partial charge in [0, 0.05) is 12.4 Å². The lowest BCUT2D eigenvalue weighted by Gasteiger charge is -1.73. The summed E-state index contributed by atoms with van der Waals surface area (Å²) < 4.78 is 0. The summed E-state index contributed by atoms with van der Waals surface area (Å²) in [7, 11) is 0. The van der Waals surface area contributed by atoms with Crippen molar-refractivity contribution in [3.05, 3.63) is 18.2 Å². The monoisotopic (exact) mass is 134 g/mol. The first-order valence-electron chi connectivity index (χ1n) is 2.85. The Hall–Kier alpha value is -1.56. The van der Waals surface area contributed by atoms with Crippen molar-refractivity contribution in [3.8, 4) is 11.8 Å². The van der Waals surface area contributed by atoms with Crippen molar-refractivity contribution in [2.24, 2.45) is 0 Å². The first-order valence-corrected chi connectivity index (χ1v) is 2.85. The summed E-state index contributed by atoms with van der Waals surface area (Å²) in [4.78, 5) is 16.4. The Morgan fingerprint density at radius 3 is 3.30 bits per heavy atom. The number of H-pyrrole nitrogens is 1. The van der Waals surface area contributed by atoms with Gasteiger partial charge in [-0.1, -0.05) is 5.92 Å². The molecule has 1 N–H and O–H groups in total. The molecular weight excluding hydrogens is 128 g/mol. The maximum Gasteiger partial charge on any atom is 0.182 e. The minimum Gasteiger partial charge on any atom is -0.338 e. The molecule has 1 aromatic heterocycles. The summed E-state index contributed by atoms with van der Waals surface area (Å²) in [6, 6.07) is 0. The third-order valence-electron chi connectivity index (χ3n) is 0.890. The van der Waals surface area contributed by atoms with Crippen molar-refractivity contribution in [1.82, 2.24) is 9.97 Å². The van der Waals surface area contributed by atoms with E-state index in [-0.39, 0.29) is 6.42 Å². The van der Waals surface area contributed by atoms with Crippen LogP contribution in [0, 0.1) is 11.8 Å². The van der Waals surface area contributed by atoms with Crippen LogP contribution in [0.5, 0.6) is 0 Å². The van der Waals surface area contributed by atoms with E-state index in [4.69, 9.17) is 0 Å². The minimum absolute atomic E-state index is 0.265. The molecule has 1 aromatic rings. The van der Waals surface area contributed by atoms with E-state index < -0.39 is 0 Å². The number of aldehydes is 1. The van der Waals surface area contributed by atoms with Gasteiger partial charge in [0.25, 0.3) is 0 Å². The van der Waals surface area contributed by atoms with E-state index in [2.05, 4.69) is 21.8 Å². The highest BCUT2D eigenvalue weighted by molar-refractivity contribution is 5.54. The lowest BCUT2D eigenvalue weighted by atomic mass is 10.4. The number of hydrogen-bond donors (Lipinski definition) is 1. The highest BCUT2D eigenvalue weighted by Crippen LogP contribution is 1.82. The van der Waals surface area contributed by atoms with Crippen LogP contribution in [0.25, 0.3) is 0 Å². The number of carbonyl (C=O) groups excluding carboxylic acids is 1. The fourth-order valence-corrected chi connectivity index (χ4v) is 0.510. The second-order valence-electron chi connectivity index (χ2n) is 1.61. The average Bonchev–Trinajstić information content (AvgIpc) is 2.41. The number of rotatable bonds is 1. The molecule has 0 saturated carbocycles. The molecule has 1 rings (SSSR count). The van der Waals surface area contributed by atoms with Crippen LogP contribution in [0.4, 0.5) is 0 Å². The molecule has 0 spiro atoms. The Kier molecular flexibility index (Phi) is 2.27. The van der Waals surface area contributed by atoms with Crippen LogP contribution in [-0.4, -0.2) is 16.3 Å². The Morgan fingerprint density at radius 1 is 1.80 bits per heavy atom. The van der Waals surface area contributed by atoms with Gasteiger partial charge >= 0.3 is 0 Å². The van der Waals surface area contributed by atoms with Crippen molar-refractivity contribution in [1.29, 1.82) is 0 Å². The maximum absolute atomic E-state index is 9.80. The number of imidazole rings is 1. The average molecular weight is 134 g/mol. The van der Waals surface area contributed by atoms with Gasteiger partial charge < -0.3 is 9.78 Å². The molecule has 0 bridgehead atoms. The van der Waals surface area contributed by atoms with Crippen molar-refractivity contribution >= 4 is 6.29 Å². The van der Waals surface area contributed by atoms with Crippen LogP contribution in [0.3, 0.4) is 0 Å². The van der Waals surface area contributed by atoms with Gasteiger partial charge in [-0.25, -0.2) is 4.98 Å². The highest BCUT2D eigenvalue weighted by Gasteiger charge is 1.81. The molecule has 50 valence electrons. The van der Waals surface area contributed by atoms with Crippen molar-refractivity contribution in [2.75, 3.05) is 0 Å². The maximum atomic E-state index is 9.80. The number of aromatic nitrogens is 2. The van der Waals surface area contributed by atoms with Gasteiger partial charge in [-0.15, -0.1) is 0 Å². The minimum atomic E-state index is 0.265. The Labute approximate surface area is 58.5 Å². The molecule has 3 heteroatoms. The van der Waals surface area contributed by atoms with Crippen LogP contribution in [0.15, 0.2) is 12.4 Å². The third-order valence-corrected chi connectivity index (χ3v) is 0.890. The summed E-state index contributed by atoms with van der Waals surface area (Å²) in [5.41, 5.74) is 0. The SMILES string of the molecule is O=CCC#Cc1ncc[nH]1. The number of nitrogens with zero attached hydrogens (tertiary/aromatic N) is 1. The zero-order valence-electron chi connectivity index (χ0n) is 5.29. The van der Waals surface area contributed by atoms with Gasteiger partial charge in [-0.05, 0) is 5.92 Å². The first-order chi connectivity index (χ1) is 4.93. The van der Waals surface area contributed by atoms with E-state index in [9.17, 15) is 4.79 Å². The number of carbonyl (C=O) groups is 1. The second-order valence-corrected chi connectivity index (χ2v) is 1.61. The van der Waals surface area contributed by atoms with Crippen LogP contribution < -0.4 is 0 Å². The van der Waals surface area contributed by atoms with E-state index in [1.807, 2.05) is 0 Å². The van der Waals surface area contributed by atoms with E-state index >= 15 is 0 Å². The molecule has 0 atom stereocenters. The molecule has 0 fully saturated rings.